The number of benzene rings is 3. The van der Waals surface area contributed by atoms with Gasteiger partial charge in [0.15, 0.2) is 6.61 Å². The molecule has 0 radical (unpaired) electrons. The van der Waals surface area contributed by atoms with E-state index in [9.17, 15) is 9.18 Å². The van der Waals surface area contributed by atoms with Crippen molar-refractivity contribution in [3.05, 3.63) is 77.6 Å². The molecule has 0 heterocycles. The minimum Gasteiger partial charge on any atom is -0.482 e. The predicted octanol–water partition coefficient (Wildman–Crippen LogP) is 6.52. The molecule has 0 aromatic heterocycles. The summed E-state index contributed by atoms with van der Waals surface area (Å²) in [5.41, 5.74) is 2.52. The molecule has 3 nitrogen and oxygen atoms in total. The second kappa shape index (κ2) is 8.86. The van der Waals surface area contributed by atoms with Gasteiger partial charge in [-0.1, -0.05) is 49.4 Å². The van der Waals surface area contributed by atoms with Crippen molar-refractivity contribution in [1.82, 2.24) is 0 Å². The summed E-state index contributed by atoms with van der Waals surface area (Å²) >= 11 is 0. The summed E-state index contributed by atoms with van der Waals surface area (Å²) in [5, 5.41) is 10.4. The summed E-state index contributed by atoms with van der Waals surface area (Å²) in [4.78, 5) is 10.6. The van der Waals surface area contributed by atoms with Crippen LogP contribution in [0.3, 0.4) is 0 Å². The average molecular weight is 406 g/mol. The van der Waals surface area contributed by atoms with Crippen LogP contribution in [0.2, 0.25) is 0 Å². The van der Waals surface area contributed by atoms with Crippen LogP contribution in [0.4, 0.5) is 4.39 Å². The van der Waals surface area contributed by atoms with Gasteiger partial charge >= 0.3 is 5.97 Å². The molecule has 156 valence electrons. The highest BCUT2D eigenvalue weighted by Gasteiger charge is 2.27. The van der Waals surface area contributed by atoms with Crippen molar-refractivity contribution in [3.8, 4) is 5.75 Å². The van der Waals surface area contributed by atoms with Crippen LogP contribution >= 0.6 is 0 Å². The Bertz CT molecular complexity index is 1030. The number of hydrogen-bond donors (Lipinski definition) is 1. The van der Waals surface area contributed by atoms with Gasteiger partial charge in [0.25, 0.3) is 0 Å². The molecule has 0 saturated heterocycles. The second-order valence-electron chi connectivity index (χ2n) is 8.45. The quantitative estimate of drug-likeness (QED) is 0.486. The zero-order valence-corrected chi connectivity index (χ0v) is 17.2. The molecular formula is C26H27FO3. The van der Waals surface area contributed by atoms with Crippen molar-refractivity contribution >= 4 is 16.7 Å². The van der Waals surface area contributed by atoms with Gasteiger partial charge in [0.2, 0.25) is 0 Å². The molecule has 0 unspecified atom stereocenters. The fourth-order valence-corrected chi connectivity index (χ4v) is 4.93. The molecule has 3 atom stereocenters. The van der Waals surface area contributed by atoms with Gasteiger partial charge in [-0.05, 0) is 78.1 Å². The molecule has 3 aromatic rings. The number of hydrogen-bond acceptors (Lipinski definition) is 2. The second-order valence-corrected chi connectivity index (χ2v) is 8.45. The van der Waals surface area contributed by atoms with Crippen LogP contribution in [0.1, 0.15) is 55.6 Å². The van der Waals surface area contributed by atoms with Gasteiger partial charge in [0.05, 0.1) is 0 Å². The van der Waals surface area contributed by atoms with Gasteiger partial charge in [0.1, 0.15) is 11.6 Å². The lowest BCUT2D eigenvalue weighted by molar-refractivity contribution is -0.139. The number of rotatable bonds is 7. The van der Waals surface area contributed by atoms with Crippen molar-refractivity contribution in [1.29, 1.82) is 0 Å². The van der Waals surface area contributed by atoms with E-state index in [-0.39, 0.29) is 12.4 Å². The van der Waals surface area contributed by atoms with Crippen molar-refractivity contribution in [2.45, 2.75) is 44.4 Å². The average Bonchev–Trinajstić information content (AvgIpc) is 3.21. The number of carboxylic acids is 1. The number of carbonyl (C=O) groups is 1. The number of aliphatic carboxylic acids is 1. The highest BCUT2D eigenvalue weighted by Crippen LogP contribution is 2.43. The highest BCUT2D eigenvalue weighted by molar-refractivity contribution is 5.86. The monoisotopic (exact) mass is 406 g/mol. The maximum Gasteiger partial charge on any atom is 0.341 e. The summed E-state index contributed by atoms with van der Waals surface area (Å²) in [6.45, 7) is 1.93. The smallest absolute Gasteiger partial charge is 0.341 e. The third-order valence-corrected chi connectivity index (χ3v) is 6.38. The summed E-state index contributed by atoms with van der Waals surface area (Å²) < 4.78 is 19.4. The Balaban J connectivity index is 1.39. The summed E-state index contributed by atoms with van der Waals surface area (Å²) in [7, 11) is 0. The van der Waals surface area contributed by atoms with E-state index in [4.69, 9.17) is 9.84 Å². The minimum absolute atomic E-state index is 0.154. The Morgan fingerprint density at radius 3 is 2.57 bits per heavy atom. The van der Waals surface area contributed by atoms with E-state index in [0.717, 1.165) is 24.6 Å². The first-order valence-corrected chi connectivity index (χ1v) is 10.6. The molecule has 30 heavy (non-hydrogen) atoms. The third-order valence-electron chi connectivity index (χ3n) is 6.38. The first kappa shape index (κ1) is 20.4. The van der Waals surface area contributed by atoms with Gasteiger partial charge in [-0.3, -0.25) is 0 Å². The number of ether oxygens (including phenoxy) is 1. The van der Waals surface area contributed by atoms with E-state index >= 15 is 0 Å². The number of carboxylic acid groups (broad SMARTS) is 1. The van der Waals surface area contributed by atoms with Crippen LogP contribution in [0, 0.1) is 11.7 Å². The molecule has 1 aliphatic rings. The van der Waals surface area contributed by atoms with Gasteiger partial charge < -0.3 is 9.84 Å². The maximum atomic E-state index is 14.2. The van der Waals surface area contributed by atoms with Crippen molar-refractivity contribution < 1.29 is 19.0 Å². The largest absolute Gasteiger partial charge is 0.482 e. The Kier molecular flexibility index (Phi) is 6.03. The van der Waals surface area contributed by atoms with E-state index in [1.807, 2.05) is 30.3 Å². The Hall–Kier alpha value is -2.88. The Morgan fingerprint density at radius 1 is 1.07 bits per heavy atom. The number of fused-ring (bicyclic) bond motifs is 1. The zero-order valence-electron chi connectivity index (χ0n) is 17.2. The SMILES string of the molecule is C[C@@H](C[C@H]1CC[C@@H](c2ccc(OCC(=O)O)cc2)C1)c1cccc2c(F)cccc12. The predicted molar refractivity (Wildman–Crippen MR) is 117 cm³/mol. The van der Waals surface area contributed by atoms with Crippen LogP contribution in [-0.4, -0.2) is 17.7 Å². The van der Waals surface area contributed by atoms with Crippen LogP contribution in [-0.2, 0) is 4.79 Å². The first-order valence-electron chi connectivity index (χ1n) is 10.6. The lowest BCUT2D eigenvalue weighted by atomic mass is 9.86. The van der Waals surface area contributed by atoms with Crippen molar-refractivity contribution in [2.24, 2.45) is 5.92 Å². The summed E-state index contributed by atoms with van der Waals surface area (Å²) in [5.74, 6) is 1.02. The summed E-state index contributed by atoms with van der Waals surface area (Å²) in [6, 6.07) is 19.1. The van der Waals surface area contributed by atoms with Crippen LogP contribution in [0.25, 0.3) is 10.8 Å². The van der Waals surface area contributed by atoms with E-state index < -0.39 is 5.97 Å². The lowest BCUT2D eigenvalue weighted by Gasteiger charge is -2.19. The van der Waals surface area contributed by atoms with Crippen molar-refractivity contribution in [3.63, 3.8) is 0 Å². The molecule has 0 aliphatic heterocycles. The minimum atomic E-state index is -0.972. The molecule has 4 heteroatoms. The Morgan fingerprint density at radius 2 is 1.80 bits per heavy atom. The topological polar surface area (TPSA) is 46.5 Å². The normalized spacial score (nSPS) is 19.7. The van der Waals surface area contributed by atoms with Crippen LogP contribution < -0.4 is 4.74 Å². The molecule has 0 bridgehead atoms. The maximum absolute atomic E-state index is 14.2. The molecule has 1 N–H and O–H groups in total. The van der Waals surface area contributed by atoms with Crippen LogP contribution in [0.5, 0.6) is 5.75 Å². The van der Waals surface area contributed by atoms with Gasteiger partial charge in [-0.15, -0.1) is 0 Å². The Labute approximate surface area is 176 Å². The zero-order chi connectivity index (χ0) is 21.1. The molecule has 3 aromatic carbocycles. The van der Waals surface area contributed by atoms with Crippen molar-refractivity contribution in [2.75, 3.05) is 6.61 Å². The third kappa shape index (κ3) is 4.48. The first-order chi connectivity index (χ1) is 14.5. The fourth-order valence-electron chi connectivity index (χ4n) is 4.93. The standard InChI is InChI=1S/C26H27FO3/c1-17(22-4-2-6-24-23(22)5-3-7-25(24)27)14-18-8-9-20(15-18)19-10-12-21(13-11-19)30-16-26(28)29/h2-7,10-13,17-18,20H,8-9,14-16H2,1H3,(H,28,29)/t17-,18+,20+/m0/s1. The van der Waals surface area contributed by atoms with E-state index in [1.54, 1.807) is 6.07 Å². The van der Waals surface area contributed by atoms with Crippen LogP contribution in [0.15, 0.2) is 60.7 Å². The van der Waals surface area contributed by atoms with Gasteiger partial charge in [-0.2, -0.15) is 0 Å². The fraction of sp³-hybridized carbons (Fsp3) is 0.346. The molecule has 1 aliphatic carbocycles. The lowest BCUT2D eigenvalue weighted by Crippen LogP contribution is -2.09. The van der Waals surface area contributed by atoms with E-state index in [0.29, 0.717) is 28.9 Å². The molecule has 4 rings (SSSR count). The molecule has 1 saturated carbocycles. The molecule has 0 amide bonds. The van der Waals surface area contributed by atoms with E-state index in [1.165, 1.54) is 23.6 Å². The molecule has 0 spiro atoms. The van der Waals surface area contributed by atoms with Gasteiger partial charge in [0, 0.05) is 5.39 Å². The number of halogens is 1. The van der Waals surface area contributed by atoms with E-state index in [2.05, 4.69) is 25.1 Å². The summed E-state index contributed by atoms with van der Waals surface area (Å²) in [6.07, 6.45) is 4.62. The highest BCUT2D eigenvalue weighted by atomic mass is 19.1. The molecule has 1 fully saturated rings. The van der Waals surface area contributed by atoms with Gasteiger partial charge in [-0.25, -0.2) is 9.18 Å². The molecular weight excluding hydrogens is 379 g/mol.